The number of benzene rings is 2. The second kappa shape index (κ2) is 7.98. The molecule has 0 atom stereocenters. The maximum Gasteiger partial charge on any atom is 0.216 e. The molecule has 1 aromatic heterocycles. The van der Waals surface area contributed by atoms with E-state index in [0.29, 0.717) is 16.3 Å². The lowest BCUT2D eigenvalue weighted by Gasteiger charge is -2.18. The van der Waals surface area contributed by atoms with Crippen LogP contribution in [-0.2, 0) is 5.41 Å². The summed E-state index contributed by atoms with van der Waals surface area (Å²) in [6.07, 6.45) is 1.68. The summed E-state index contributed by atoms with van der Waals surface area (Å²) in [5.41, 5.74) is 3.04. The van der Waals surface area contributed by atoms with Crippen molar-refractivity contribution in [2.24, 2.45) is 5.10 Å². The average Bonchev–Trinajstić information content (AvgIpc) is 3.06. The van der Waals surface area contributed by atoms with E-state index in [0.717, 1.165) is 16.9 Å². The fraction of sp³-hybridized carbons (Fsp3) is 0.286. The average molecular weight is 397 g/mol. The minimum atomic E-state index is 0.0876. The number of H-pyrrole nitrogens is 1. The van der Waals surface area contributed by atoms with Gasteiger partial charge in [0.2, 0.25) is 4.77 Å². The zero-order chi connectivity index (χ0) is 20.3. The Morgan fingerprint density at radius 3 is 2.39 bits per heavy atom. The van der Waals surface area contributed by atoms with E-state index in [2.05, 4.69) is 48.2 Å². The number of ether oxygens (including phenoxy) is 2. The number of rotatable bonds is 5. The predicted molar refractivity (Wildman–Crippen MR) is 114 cm³/mol. The molecule has 3 rings (SSSR count). The zero-order valence-electron chi connectivity index (χ0n) is 16.7. The van der Waals surface area contributed by atoms with Crippen molar-refractivity contribution in [2.75, 3.05) is 14.2 Å². The molecule has 0 aliphatic rings. The monoisotopic (exact) mass is 396 g/mol. The molecule has 1 heterocycles. The van der Waals surface area contributed by atoms with Crippen LogP contribution in [0.25, 0.3) is 11.4 Å². The van der Waals surface area contributed by atoms with Gasteiger partial charge in [-0.3, -0.25) is 0 Å². The van der Waals surface area contributed by atoms with Gasteiger partial charge in [0.25, 0.3) is 0 Å². The number of hydrogen-bond acceptors (Lipinski definition) is 5. The third kappa shape index (κ3) is 4.14. The molecule has 0 unspecified atom stereocenters. The predicted octanol–water partition coefficient (Wildman–Crippen LogP) is 4.80. The van der Waals surface area contributed by atoms with Crippen LogP contribution in [0.2, 0.25) is 0 Å². The maximum absolute atomic E-state index is 5.40. The van der Waals surface area contributed by atoms with E-state index in [4.69, 9.17) is 21.7 Å². The molecule has 0 saturated carbocycles. The van der Waals surface area contributed by atoms with E-state index >= 15 is 0 Å². The third-order valence-corrected chi connectivity index (χ3v) is 4.67. The Morgan fingerprint density at radius 2 is 1.79 bits per heavy atom. The number of nitrogens with one attached hydrogen (secondary N) is 1. The first kappa shape index (κ1) is 19.8. The Morgan fingerprint density at radius 1 is 1.07 bits per heavy atom. The summed E-state index contributed by atoms with van der Waals surface area (Å²) >= 11 is 5.36. The molecule has 0 fully saturated rings. The summed E-state index contributed by atoms with van der Waals surface area (Å²) in [6, 6.07) is 13.8. The molecule has 0 aliphatic carbocycles. The SMILES string of the molecule is COc1ccc(OC)c(/C=N/n2c(-c3ccc(C(C)(C)C)cc3)n[nH]c2=S)c1. The van der Waals surface area contributed by atoms with Crippen LogP contribution in [0.4, 0.5) is 0 Å². The molecule has 28 heavy (non-hydrogen) atoms. The van der Waals surface area contributed by atoms with Crippen LogP contribution >= 0.6 is 12.2 Å². The number of nitrogens with zero attached hydrogens (tertiary/aromatic N) is 3. The Labute approximate surface area is 169 Å². The van der Waals surface area contributed by atoms with Gasteiger partial charge in [-0.25, -0.2) is 5.10 Å². The van der Waals surface area contributed by atoms with Crippen molar-refractivity contribution in [3.8, 4) is 22.9 Å². The first-order valence-corrected chi connectivity index (χ1v) is 9.29. The van der Waals surface area contributed by atoms with Gasteiger partial charge in [-0.15, -0.1) is 0 Å². The highest BCUT2D eigenvalue weighted by atomic mass is 32.1. The van der Waals surface area contributed by atoms with Gasteiger partial charge in [0.05, 0.1) is 20.4 Å². The van der Waals surface area contributed by atoms with E-state index in [9.17, 15) is 0 Å². The van der Waals surface area contributed by atoms with Gasteiger partial charge in [0, 0.05) is 11.1 Å². The topological polar surface area (TPSA) is 64.4 Å². The molecule has 1 N–H and O–H groups in total. The lowest BCUT2D eigenvalue weighted by molar-refractivity contribution is 0.402. The van der Waals surface area contributed by atoms with E-state index in [1.165, 1.54) is 5.56 Å². The van der Waals surface area contributed by atoms with Crippen molar-refractivity contribution in [1.82, 2.24) is 14.9 Å². The zero-order valence-corrected chi connectivity index (χ0v) is 17.5. The summed E-state index contributed by atoms with van der Waals surface area (Å²) in [5, 5.41) is 11.7. The second-order valence-electron chi connectivity index (χ2n) is 7.34. The Bertz CT molecular complexity index is 1040. The molecule has 0 spiro atoms. The molecule has 3 aromatic rings. The van der Waals surface area contributed by atoms with Crippen molar-refractivity contribution in [3.05, 3.63) is 58.4 Å². The summed E-state index contributed by atoms with van der Waals surface area (Å²) in [5.74, 6) is 2.05. The van der Waals surface area contributed by atoms with Gasteiger partial charge in [-0.05, 0) is 41.4 Å². The molecule has 7 heteroatoms. The normalized spacial score (nSPS) is 11.8. The lowest BCUT2D eigenvalue weighted by atomic mass is 9.87. The number of aromatic amines is 1. The lowest BCUT2D eigenvalue weighted by Crippen LogP contribution is -2.10. The minimum absolute atomic E-state index is 0.0876. The molecular formula is C21H24N4O2S. The van der Waals surface area contributed by atoms with Gasteiger partial charge in [-0.2, -0.15) is 14.9 Å². The van der Waals surface area contributed by atoms with Gasteiger partial charge >= 0.3 is 0 Å². The maximum atomic E-state index is 5.40. The highest BCUT2D eigenvalue weighted by Crippen LogP contribution is 2.26. The first-order chi connectivity index (χ1) is 13.3. The number of aromatic nitrogens is 3. The second-order valence-corrected chi connectivity index (χ2v) is 7.73. The van der Waals surface area contributed by atoms with Crippen LogP contribution in [0, 0.1) is 4.77 Å². The van der Waals surface area contributed by atoms with Gasteiger partial charge in [-0.1, -0.05) is 45.0 Å². The van der Waals surface area contributed by atoms with Gasteiger partial charge < -0.3 is 9.47 Å². The summed E-state index contributed by atoms with van der Waals surface area (Å²) in [4.78, 5) is 0. The third-order valence-electron chi connectivity index (χ3n) is 4.41. The highest BCUT2D eigenvalue weighted by Gasteiger charge is 2.15. The standard InChI is InChI=1S/C21H24N4O2S/c1-21(2,3)16-8-6-14(7-9-16)19-23-24-20(28)25(19)22-13-15-12-17(26-4)10-11-18(15)27-5/h6-13H,1-5H3,(H,24,28)/b22-13+. The molecule has 0 saturated heterocycles. The van der Waals surface area contributed by atoms with Crippen LogP contribution in [0.5, 0.6) is 11.5 Å². The van der Waals surface area contributed by atoms with Crippen LogP contribution < -0.4 is 9.47 Å². The molecular weight excluding hydrogens is 372 g/mol. The van der Waals surface area contributed by atoms with Crippen molar-refractivity contribution in [2.45, 2.75) is 26.2 Å². The largest absolute Gasteiger partial charge is 0.497 e. The first-order valence-electron chi connectivity index (χ1n) is 8.88. The van der Waals surface area contributed by atoms with Crippen molar-refractivity contribution < 1.29 is 9.47 Å². The Kier molecular flexibility index (Phi) is 5.65. The fourth-order valence-electron chi connectivity index (χ4n) is 2.77. The number of methoxy groups -OCH3 is 2. The Balaban J connectivity index is 1.98. The molecule has 0 amide bonds. The minimum Gasteiger partial charge on any atom is -0.497 e. The van der Waals surface area contributed by atoms with Gasteiger partial charge in [0.15, 0.2) is 5.82 Å². The molecule has 6 nitrogen and oxygen atoms in total. The smallest absolute Gasteiger partial charge is 0.216 e. The van der Waals surface area contributed by atoms with Crippen LogP contribution in [-0.4, -0.2) is 35.3 Å². The summed E-state index contributed by atoms with van der Waals surface area (Å²) < 4.78 is 12.7. The van der Waals surface area contributed by atoms with Crippen molar-refractivity contribution in [3.63, 3.8) is 0 Å². The molecule has 146 valence electrons. The quantitative estimate of drug-likeness (QED) is 0.497. The number of hydrogen-bond donors (Lipinski definition) is 1. The van der Waals surface area contributed by atoms with E-state index in [-0.39, 0.29) is 5.41 Å². The van der Waals surface area contributed by atoms with E-state index in [1.54, 1.807) is 25.1 Å². The highest BCUT2D eigenvalue weighted by molar-refractivity contribution is 7.71. The Hall–Kier alpha value is -2.93. The van der Waals surface area contributed by atoms with Crippen LogP contribution in [0.15, 0.2) is 47.6 Å². The summed E-state index contributed by atoms with van der Waals surface area (Å²) in [6.45, 7) is 6.55. The molecule has 0 radical (unpaired) electrons. The van der Waals surface area contributed by atoms with E-state index in [1.807, 2.05) is 30.3 Å². The molecule has 0 bridgehead atoms. The fourth-order valence-corrected chi connectivity index (χ4v) is 2.94. The van der Waals surface area contributed by atoms with Crippen LogP contribution in [0.3, 0.4) is 0 Å². The van der Waals surface area contributed by atoms with Crippen LogP contribution in [0.1, 0.15) is 31.9 Å². The van der Waals surface area contributed by atoms with Crippen molar-refractivity contribution >= 4 is 18.4 Å². The van der Waals surface area contributed by atoms with Gasteiger partial charge in [0.1, 0.15) is 11.5 Å². The summed E-state index contributed by atoms with van der Waals surface area (Å²) in [7, 11) is 3.24. The molecule has 0 aliphatic heterocycles. The van der Waals surface area contributed by atoms with E-state index < -0.39 is 0 Å². The molecule has 2 aromatic carbocycles. The van der Waals surface area contributed by atoms with Crippen molar-refractivity contribution in [1.29, 1.82) is 0 Å².